The molecule has 2 atom stereocenters. The molecule has 3 rings (SSSR count). The summed E-state index contributed by atoms with van der Waals surface area (Å²) in [6.45, 7) is 1.44. The number of rotatable bonds is 3. The molecule has 0 bridgehead atoms. The topological polar surface area (TPSA) is 42.7 Å². The molecule has 7 heteroatoms. The number of fused-ring (bicyclic) bond motifs is 1. The minimum absolute atomic E-state index is 0.0703. The van der Waals surface area contributed by atoms with Gasteiger partial charge >= 0.3 is 6.18 Å². The quantitative estimate of drug-likeness (QED) is 0.931. The standard InChI is InChI=1S/C15H23F3N4/c16-15(17,18)11-5-4-6-12(9-11)19-10-14-21-20-13-7-2-1-3-8-22(13)14/h11-12,19H,1-10H2/t11-,12+/m0/s1. The van der Waals surface area contributed by atoms with Gasteiger partial charge in [0.2, 0.25) is 0 Å². The van der Waals surface area contributed by atoms with Crippen LogP contribution in [0.15, 0.2) is 0 Å². The highest BCUT2D eigenvalue weighted by molar-refractivity contribution is 4.98. The molecule has 1 aromatic heterocycles. The summed E-state index contributed by atoms with van der Waals surface area (Å²) in [4.78, 5) is 0. The Morgan fingerprint density at radius 1 is 1.09 bits per heavy atom. The number of hydrogen-bond donors (Lipinski definition) is 1. The molecule has 1 N–H and O–H groups in total. The molecule has 2 heterocycles. The molecule has 1 saturated carbocycles. The van der Waals surface area contributed by atoms with Crippen LogP contribution < -0.4 is 5.32 Å². The molecule has 1 aliphatic heterocycles. The van der Waals surface area contributed by atoms with Crippen molar-refractivity contribution in [1.82, 2.24) is 20.1 Å². The fraction of sp³-hybridized carbons (Fsp3) is 0.867. The summed E-state index contributed by atoms with van der Waals surface area (Å²) < 4.78 is 40.7. The lowest BCUT2D eigenvalue weighted by molar-refractivity contribution is -0.183. The van der Waals surface area contributed by atoms with Gasteiger partial charge in [-0.05, 0) is 32.1 Å². The molecular formula is C15H23F3N4. The predicted octanol–water partition coefficient (Wildman–Crippen LogP) is 3.22. The zero-order chi connectivity index (χ0) is 15.6. The first-order chi connectivity index (χ1) is 10.5. The van der Waals surface area contributed by atoms with E-state index < -0.39 is 12.1 Å². The van der Waals surface area contributed by atoms with E-state index in [1.807, 2.05) is 0 Å². The van der Waals surface area contributed by atoms with Crippen molar-refractivity contribution in [2.45, 2.75) is 76.7 Å². The molecule has 124 valence electrons. The fourth-order valence-electron chi connectivity index (χ4n) is 3.58. The second kappa shape index (κ2) is 6.56. The van der Waals surface area contributed by atoms with Crippen molar-refractivity contribution in [2.75, 3.05) is 0 Å². The van der Waals surface area contributed by atoms with Crippen molar-refractivity contribution in [3.63, 3.8) is 0 Å². The van der Waals surface area contributed by atoms with E-state index >= 15 is 0 Å². The number of hydrogen-bond acceptors (Lipinski definition) is 3. The van der Waals surface area contributed by atoms with Crippen molar-refractivity contribution < 1.29 is 13.2 Å². The number of aromatic nitrogens is 3. The second-order valence-corrected chi connectivity index (χ2v) is 6.48. The molecule has 0 aromatic carbocycles. The molecule has 4 nitrogen and oxygen atoms in total. The van der Waals surface area contributed by atoms with E-state index in [1.165, 1.54) is 6.42 Å². The average Bonchev–Trinajstić information content (AvgIpc) is 2.72. The Hall–Kier alpha value is -1.11. The summed E-state index contributed by atoms with van der Waals surface area (Å²) in [7, 11) is 0. The summed E-state index contributed by atoms with van der Waals surface area (Å²) in [5.41, 5.74) is 0. The van der Waals surface area contributed by atoms with Gasteiger partial charge in [-0.1, -0.05) is 12.8 Å². The van der Waals surface area contributed by atoms with Crippen molar-refractivity contribution in [1.29, 1.82) is 0 Å². The maximum absolute atomic E-state index is 12.8. The third-order valence-electron chi connectivity index (χ3n) is 4.87. The van der Waals surface area contributed by atoms with E-state index in [-0.39, 0.29) is 18.9 Å². The number of aryl methyl sites for hydroxylation is 1. The summed E-state index contributed by atoms with van der Waals surface area (Å²) in [6.07, 6.45) is 2.25. The van der Waals surface area contributed by atoms with E-state index in [0.29, 0.717) is 13.0 Å². The van der Waals surface area contributed by atoms with Crippen LogP contribution in [0.3, 0.4) is 0 Å². The highest BCUT2D eigenvalue weighted by Crippen LogP contribution is 2.37. The number of nitrogens with one attached hydrogen (secondary N) is 1. The lowest BCUT2D eigenvalue weighted by atomic mass is 9.85. The highest BCUT2D eigenvalue weighted by Gasteiger charge is 2.42. The summed E-state index contributed by atoms with van der Waals surface area (Å²) >= 11 is 0. The first-order valence-electron chi connectivity index (χ1n) is 8.25. The van der Waals surface area contributed by atoms with Gasteiger partial charge in [-0.2, -0.15) is 13.2 Å². The van der Waals surface area contributed by atoms with Gasteiger partial charge in [0.05, 0.1) is 12.5 Å². The Bertz CT molecular complexity index is 497. The SMILES string of the molecule is FC(F)(F)[C@H]1CCC[C@@H](NCc2nnc3n2CCCCC3)C1. The van der Waals surface area contributed by atoms with E-state index in [1.54, 1.807) is 0 Å². The fourth-order valence-corrected chi connectivity index (χ4v) is 3.58. The van der Waals surface area contributed by atoms with E-state index in [4.69, 9.17) is 0 Å². The Labute approximate surface area is 128 Å². The van der Waals surface area contributed by atoms with Crippen LogP contribution in [0.2, 0.25) is 0 Å². The molecule has 0 amide bonds. The molecule has 1 aromatic rings. The summed E-state index contributed by atoms with van der Waals surface area (Å²) in [5.74, 6) is 0.728. The Morgan fingerprint density at radius 3 is 2.77 bits per heavy atom. The van der Waals surface area contributed by atoms with Crippen LogP contribution in [-0.4, -0.2) is 27.0 Å². The first-order valence-corrected chi connectivity index (χ1v) is 8.25. The van der Waals surface area contributed by atoms with Crippen LogP contribution in [0.5, 0.6) is 0 Å². The normalized spacial score (nSPS) is 26.5. The van der Waals surface area contributed by atoms with Gasteiger partial charge in [0, 0.05) is 19.0 Å². The van der Waals surface area contributed by atoms with Crippen molar-refractivity contribution >= 4 is 0 Å². The Morgan fingerprint density at radius 2 is 1.95 bits per heavy atom. The van der Waals surface area contributed by atoms with Crippen LogP contribution in [0.25, 0.3) is 0 Å². The molecule has 1 aliphatic carbocycles. The van der Waals surface area contributed by atoms with Gasteiger partial charge in [-0.25, -0.2) is 0 Å². The van der Waals surface area contributed by atoms with Gasteiger partial charge in [-0.3, -0.25) is 0 Å². The van der Waals surface area contributed by atoms with Crippen LogP contribution in [0, 0.1) is 5.92 Å². The second-order valence-electron chi connectivity index (χ2n) is 6.48. The average molecular weight is 316 g/mol. The van der Waals surface area contributed by atoms with Crippen LogP contribution in [0.4, 0.5) is 13.2 Å². The molecule has 0 saturated heterocycles. The van der Waals surface area contributed by atoms with Crippen LogP contribution >= 0.6 is 0 Å². The zero-order valence-corrected chi connectivity index (χ0v) is 12.7. The third-order valence-corrected chi connectivity index (χ3v) is 4.87. The Kier molecular flexibility index (Phi) is 4.70. The minimum atomic E-state index is -4.06. The van der Waals surface area contributed by atoms with Crippen LogP contribution in [0.1, 0.15) is 56.6 Å². The van der Waals surface area contributed by atoms with Crippen LogP contribution in [-0.2, 0) is 19.5 Å². The van der Waals surface area contributed by atoms with Gasteiger partial charge in [0.15, 0.2) is 0 Å². The molecule has 0 unspecified atom stereocenters. The maximum Gasteiger partial charge on any atom is 0.391 e. The van der Waals surface area contributed by atoms with E-state index in [0.717, 1.165) is 43.9 Å². The first kappa shape index (κ1) is 15.8. The lowest BCUT2D eigenvalue weighted by Gasteiger charge is -2.31. The predicted molar refractivity (Wildman–Crippen MR) is 76.2 cm³/mol. The molecule has 2 aliphatic rings. The molecule has 22 heavy (non-hydrogen) atoms. The van der Waals surface area contributed by atoms with Gasteiger partial charge in [0.1, 0.15) is 11.6 Å². The van der Waals surface area contributed by atoms with Crippen molar-refractivity contribution in [3.05, 3.63) is 11.6 Å². The molecule has 0 spiro atoms. The van der Waals surface area contributed by atoms with Gasteiger partial charge in [-0.15, -0.1) is 10.2 Å². The highest BCUT2D eigenvalue weighted by atomic mass is 19.4. The summed E-state index contributed by atoms with van der Waals surface area (Å²) in [6, 6.07) is -0.0703. The van der Waals surface area contributed by atoms with Gasteiger partial charge in [0.25, 0.3) is 0 Å². The largest absolute Gasteiger partial charge is 0.391 e. The lowest BCUT2D eigenvalue weighted by Crippen LogP contribution is -2.38. The van der Waals surface area contributed by atoms with E-state index in [2.05, 4.69) is 20.1 Å². The number of nitrogens with zero attached hydrogens (tertiary/aromatic N) is 3. The minimum Gasteiger partial charge on any atom is -0.314 e. The van der Waals surface area contributed by atoms with Crippen molar-refractivity contribution in [2.24, 2.45) is 5.92 Å². The zero-order valence-electron chi connectivity index (χ0n) is 12.7. The molecule has 0 radical (unpaired) electrons. The smallest absolute Gasteiger partial charge is 0.314 e. The molecule has 1 fully saturated rings. The number of halogens is 3. The third kappa shape index (κ3) is 3.62. The number of alkyl halides is 3. The summed E-state index contributed by atoms with van der Waals surface area (Å²) in [5, 5.41) is 11.7. The monoisotopic (exact) mass is 316 g/mol. The van der Waals surface area contributed by atoms with E-state index in [9.17, 15) is 13.2 Å². The van der Waals surface area contributed by atoms with Gasteiger partial charge < -0.3 is 9.88 Å². The maximum atomic E-state index is 12.8. The molecular weight excluding hydrogens is 293 g/mol. The Balaban J connectivity index is 1.57. The van der Waals surface area contributed by atoms with Crippen molar-refractivity contribution in [3.8, 4) is 0 Å².